The minimum absolute atomic E-state index is 0.0404. The molecule has 2 aliphatic rings. The summed E-state index contributed by atoms with van der Waals surface area (Å²) in [5.41, 5.74) is 11.0. The lowest BCUT2D eigenvalue weighted by Gasteiger charge is -2.39. The van der Waals surface area contributed by atoms with Gasteiger partial charge in [0.15, 0.2) is 11.5 Å². The maximum Gasteiger partial charge on any atom is 0.343 e. The number of rotatable bonds is 3. The monoisotopic (exact) mass is 479 g/mol. The molecule has 1 amide bonds. The van der Waals surface area contributed by atoms with Gasteiger partial charge in [-0.05, 0) is 36.5 Å². The first-order valence-electron chi connectivity index (χ1n) is 11.9. The topological polar surface area (TPSA) is 114 Å². The summed E-state index contributed by atoms with van der Waals surface area (Å²) in [6.45, 7) is 3.14. The minimum Gasteiger partial charge on any atom is -0.477 e. The van der Waals surface area contributed by atoms with E-state index in [0.29, 0.717) is 24.3 Å². The van der Waals surface area contributed by atoms with Crippen LogP contribution in [0, 0.1) is 6.92 Å². The van der Waals surface area contributed by atoms with Crippen molar-refractivity contribution >= 4 is 29.4 Å². The van der Waals surface area contributed by atoms with Gasteiger partial charge in [-0.15, -0.1) is 5.10 Å². The molecule has 1 spiro atoms. The van der Waals surface area contributed by atoms with Crippen molar-refractivity contribution in [1.29, 1.82) is 0 Å². The van der Waals surface area contributed by atoms with Crippen LogP contribution in [0.15, 0.2) is 60.8 Å². The highest BCUT2D eigenvalue weighted by Gasteiger charge is 2.39. The molecular formula is C28H25N5O3. The number of amides is 1. The summed E-state index contributed by atoms with van der Waals surface area (Å²) in [6.07, 6.45) is 7.59. The van der Waals surface area contributed by atoms with Crippen molar-refractivity contribution in [3.63, 3.8) is 0 Å². The first kappa shape index (κ1) is 22.0. The zero-order valence-electron chi connectivity index (χ0n) is 19.8. The van der Waals surface area contributed by atoms with Gasteiger partial charge in [-0.2, -0.15) is 0 Å². The Morgan fingerprint density at radius 1 is 1.06 bits per heavy atom. The molecule has 3 N–H and O–H groups in total. The van der Waals surface area contributed by atoms with E-state index in [-0.39, 0.29) is 28.4 Å². The summed E-state index contributed by atoms with van der Waals surface area (Å²) in [7, 11) is 0. The van der Waals surface area contributed by atoms with Crippen molar-refractivity contribution in [3.05, 3.63) is 88.6 Å². The number of aryl methyl sites for hydroxylation is 1. The van der Waals surface area contributed by atoms with Gasteiger partial charge in [-0.1, -0.05) is 60.7 Å². The van der Waals surface area contributed by atoms with E-state index in [1.807, 2.05) is 36.1 Å². The number of hydrogen-bond donors (Lipinski definition) is 2. The van der Waals surface area contributed by atoms with Gasteiger partial charge in [0.25, 0.3) is 5.91 Å². The molecule has 1 saturated heterocycles. The van der Waals surface area contributed by atoms with E-state index in [2.05, 4.69) is 46.5 Å². The summed E-state index contributed by atoms with van der Waals surface area (Å²) in [5, 5.41) is 14.0. The molecule has 0 unspecified atom stereocenters. The van der Waals surface area contributed by atoms with E-state index in [1.54, 1.807) is 0 Å². The number of aromatic carboxylic acids is 1. The molecule has 0 atom stereocenters. The molecule has 1 aliphatic heterocycles. The highest BCUT2D eigenvalue weighted by Crippen LogP contribution is 2.44. The van der Waals surface area contributed by atoms with Gasteiger partial charge >= 0.3 is 5.97 Å². The fraction of sp³-hybridized carbons (Fsp3) is 0.214. The number of nitrogen functional groups attached to an aromatic ring is 1. The Balaban J connectivity index is 1.41. The van der Waals surface area contributed by atoms with E-state index in [4.69, 9.17) is 5.73 Å². The molecule has 36 heavy (non-hydrogen) atoms. The van der Waals surface area contributed by atoms with Crippen molar-refractivity contribution in [2.45, 2.75) is 25.2 Å². The predicted octanol–water partition coefficient (Wildman–Crippen LogP) is 4.19. The lowest BCUT2D eigenvalue weighted by Crippen LogP contribution is -2.44. The van der Waals surface area contributed by atoms with Gasteiger partial charge in [0.1, 0.15) is 5.56 Å². The molecule has 6 rings (SSSR count). The Hall–Kier alpha value is -4.46. The fourth-order valence-corrected chi connectivity index (χ4v) is 5.61. The first-order valence-corrected chi connectivity index (χ1v) is 11.9. The summed E-state index contributed by atoms with van der Waals surface area (Å²) < 4.78 is 1.40. The molecule has 8 heteroatoms. The van der Waals surface area contributed by atoms with Crippen LogP contribution in [-0.2, 0) is 5.41 Å². The van der Waals surface area contributed by atoms with Crippen molar-refractivity contribution in [2.24, 2.45) is 0 Å². The molecule has 0 bridgehead atoms. The molecule has 2 aromatic heterocycles. The molecule has 1 fully saturated rings. The van der Waals surface area contributed by atoms with Crippen LogP contribution in [0.3, 0.4) is 0 Å². The number of nitrogens with zero attached hydrogens (tertiary/aromatic N) is 4. The highest BCUT2D eigenvalue weighted by molar-refractivity contribution is 6.03. The Kier molecular flexibility index (Phi) is 4.93. The molecule has 3 heterocycles. The largest absolute Gasteiger partial charge is 0.477 e. The standard InChI is InChI=1S/C28H25N5O3/c1-17-6-2-4-8-19(17)23-20(16-30-25-22(27(35)36)24(29)31-33(23)25)26(34)32-14-12-28(13-15-32)11-10-18-7-3-5-9-21(18)28/h2-11,16H,12-15H2,1H3,(H2,29,31)(H,35,36). The van der Waals surface area contributed by atoms with Crippen LogP contribution in [0.1, 0.15) is 50.2 Å². The Morgan fingerprint density at radius 3 is 2.53 bits per heavy atom. The van der Waals surface area contributed by atoms with Crippen LogP contribution in [0.4, 0.5) is 5.82 Å². The number of allylic oxidation sites excluding steroid dienone is 1. The van der Waals surface area contributed by atoms with Crippen molar-refractivity contribution in [1.82, 2.24) is 19.5 Å². The number of hydrogen-bond acceptors (Lipinski definition) is 5. The van der Waals surface area contributed by atoms with Crippen LogP contribution in [0.2, 0.25) is 0 Å². The number of likely N-dealkylation sites (tertiary alicyclic amines) is 1. The molecule has 8 nitrogen and oxygen atoms in total. The second kappa shape index (κ2) is 8.05. The second-order valence-corrected chi connectivity index (χ2v) is 9.51. The number of benzene rings is 2. The number of carbonyl (C=O) groups is 2. The van der Waals surface area contributed by atoms with Crippen LogP contribution in [-0.4, -0.2) is 49.6 Å². The van der Waals surface area contributed by atoms with Crippen LogP contribution >= 0.6 is 0 Å². The van der Waals surface area contributed by atoms with E-state index in [9.17, 15) is 14.7 Å². The van der Waals surface area contributed by atoms with Gasteiger partial charge < -0.3 is 15.7 Å². The average molecular weight is 480 g/mol. The van der Waals surface area contributed by atoms with Gasteiger partial charge in [-0.3, -0.25) is 4.79 Å². The lowest BCUT2D eigenvalue weighted by atomic mass is 9.74. The summed E-state index contributed by atoms with van der Waals surface area (Å²) in [6, 6.07) is 16.1. The third kappa shape index (κ3) is 3.21. The quantitative estimate of drug-likeness (QED) is 0.456. The van der Waals surface area contributed by atoms with Gasteiger partial charge in [0.2, 0.25) is 0 Å². The SMILES string of the molecule is Cc1ccccc1-c1c(C(=O)N2CCC3(C=Cc4ccccc43)CC2)cnc2c(C(=O)O)c(N)nn12. The number of carboxylic acid groups (broad SMARTS) is 1. The molecule has 180 valence electrons. The van der Waals surface area contributed by atoms with Crippen molar-refractivity contribution in [2.75, 3.05) is 18.8 Å². The van der Waals surface area contributed by atoms with Crippen LogP contribution in [0.5, 0.6) is 0 Å². The number of carbonyl (C=O) groups excluding carboxylic acids is 1. The zero-order chi connectivity index (χ0) is 25.0. The van der Waals surface area contributed by atoms with Gasteiger partial charge in [-0.25, -0.2) is 14.3 Å². The smallest absolute Gasteiger partial charge is 0.343 e. The average Bonchev–Trinajstić information content (AvgIpc) is 3.41. The molecule has 4 aromatic rings. The van der Waals surface area contributed by atoms with E-state index >= 15 is 0 Å². The predicted molar refractivity (Wildman–Crippen MR) is 137 cm³/mol. The van der Waals surface area contributed by atoms with Gasteiger partial charge in [0, 0.05) is 30.3 Å². The van der Waals surface area contributed by atoms with E-state index in [0.717, 1.165) is 24.0 Å². The molecule has 2 aromatic carbocycles. The minimum atomic E-state index is -1.21. The lowest BCUT2D eigenvalue weighted by molar-refractivity contribution is 0.0685. The summed E-state index contributed by atoms with van der Waals surface area (Å²) in [5.74, 6) is -1.50. The van der Waals surface area contributed by atoms with E-state index < -0.39 is 5.97 Å². The zero-order valence-corrected chi connectivity index (χ0v) is 19.8. The third-order valence-electron chi connectivity index (χ3n) is 7.54. The van der Waals surface area contributed by atoms with E-state index in [1.165, 1.54) is 21.8 Å². The first-order chi connectivity index (χ1) is 17.4. The Labute approximate surface area is 207 Å². The number of piperidine rings is 1. The maximum atomic E-state index is 13.9. The molecular weight excluding hydrogens is 454 g/mol. The fourth-order valence-electron chi connectivity index (χ4n) is 5.61. The third-order valence-corrected chi connectivity index (χ3v) is 7.54. The van der Waals surface area contributed by atoms with Crippen molar-refractivity contribution < 1.29 is 14.7 Å². The summed E-state index contributed by atoms with van der Waals surface area (Å²) in [4.78, 5) is 31.9. The number of carboxylic acids is 1. The second-order valence-electron chi connectivity index (χ2n) is 9.51. The molecule has 0 saturated carbocycles. The Morgan fingerprint density at radius 2 is 1.78 bits per heavy atom. The maximum absolute atomic E-state index is 13.9. The number of fused-ring (bicyclic) bond motifs is 3. The summed E-state index contributed by atoms with van der Waals surface area (Å²) >= 11 is 0. The number of aromatic nitrogens is 3. The van der Waals surface area contributed by atoms with Crippen LogP contribution in [0.25, 0.3) is 23.0 Å². The van der Waals surface area contributed by atoms with Crippen LogP contribution < -0.4 is 5.73 Å². The van der Waals surface area contributed by atoms with Crippen molar-refractivity contribution in [3.8, 4) is 11.3 Å². The highest BCUT2D eigenvalue weighted by atomic mass is 16.4. The normalized spacial score (nSPS) is 16.0. The number of anilines is 1. The molecule has 1 aliphatic carbocycles. The number of nitrogens with two attached hydrogens (primary N) is 1. The molecule has 0 radical (unpaired) electrons. The Bertz CT molecular complexity index is 1580. The van der Waals surface area contributed by atoms with Gasteiger partial charge in [0.05, 0.1) is 11.3 Å².